The molecule has 0 spiro atoms. The highest BCUT2D eigenvalue weighted by atomic mass is 16.5. The molecule has 0 bridgehead atoms. The highest BCUT2D eigenvalue weighted by Crippen LogP contribution is 2.15. The zero-order valence-electron chi connectivity index (χ0n) is 17.7. The van der Waals surface area contributed by atoms with Gasteiger partial charge >= 0.3 is 5.69 Å². The van der Waals surface area contributed by atoms with Crippen molar-refractivity contribution >= 4 is 5.82 Å². The van der Waals surface area contributed by atoms with Crippen molar-refractivity contribution in [2.24, 2.45) is 14.1 Å². The van der Waals surface area contributed by atoms with E-state index in [2.05, 4.69) is 25.3 Å². The second-order valence-corrected chi connectivity index (χ2v) is 7.52. The third kappa shape index (κ3) is 4.66. The van der Waals surface area contributed by atoms with Crippen LogP contribution < -0.4 is 20.9 Å². The Labute approximate surface area is 179 Å². The quantitative estimate of drug-likeness (QED) is 0.473. The summed E-state index contributed by atoms with van der Waals surface area (Å²) >= 11 is 0. The molecule has 0 N–H and O–H groups in total. The molecule has 3 aromatic rings. The van der Waals surface area contributed by atoms with Gasteiger partial charge in [-0.1, -0.05) is 0 Å². The number of ether oxygens (including phenoxy) is 1. The fourth-order valence-electron chi connectivity index (χ4n) is 3.68. The number of piperazine rings is 1. The summed E-state index contributed by atoms with van der Waals surface area (Å²) in [5.74, 6) is 1.49. The van der Waals surface area contributed by atoms with Crippen LogP contribution in [0.2, 0.25) is 0 Å². The smallest absolute Gasteiger partial charge is 0.332 e. The van der Waals surface area contributed by atoms with E-state index in [0.29, 0.717) is 12.4 Å². The Morgan fingerprint density at radius 2 is 1.74 bits per heavy atom. The SMILES string of the molecule is Cn1c(N2CCN(CCCOc3ccc(-n4cnnn4)cc3)CC2)cc(=O)n(C)c1=O. The van der Waals surface area contributed by atoms with Gasteiger partial charge in [-0.05, 0) is 41.1 Å². The van der Waals surface area contributed by atoms with Gasteiger partial charge in [-0.25, -0.2) is 9.48 Å². The van der Waals surface area contributed by atoms with E-state index in [0.717, 1.165) is 55.1 Å². The molecular weight excluding hydrogens is 400 g/mol. The Balaban J connectivity index is 1.21. The minimum atomic E-state index is -0.298. The molecule has 0 atom stereocenters. The van der Waals surface area contributed by atoms with Crippen molar-refractivity contribution in [3.63, 3.8) is 0 Å². The molecule has 0 amide bonds. The molecule has 164 valence electrons. The van der Waals surface area contributed by atoms with Gasteiger partial charge in [0.1, 0.15) is 17.9 Å². The largest absolute Gasteiger partial charge is 0.494 e. The number of rotatable bonds is 7. The molecule has 0 unspecified atom stereocenters. The van der Waals surface area contributed by atoms with Crippen LogP contribution in [0.3, 0.4) is 0 Å². The predicted molar refractivity (Wildman–Crippen MR) is 115 cm³/mol. The average molecular weight is 426 g/mol. The van der Waals surface area contributed by atoms with Crippen molar-refractivity contribution in [1.29, 1.82) is 0 Å². The lowest BCUT2D eigenvalue weighted by atomic mass is 10.3. The molecule has 1 saturated heterocycles. The summed E-state index contributed by atoms with van der Waals surface area (Å²) in [4.78, 5) is 28.6. The fourth-order valence-corrected chi connectivity index (χ4v) is 3.68. The Kier molecular flexibility index (Phi) is 6.12. The zero-order chi connectivity index (χ0) is 21.8. The van der Waals surface area contributed by atoms with E-state index >= 15 is 0 Å². The Morgan fingerprint density at radius 3 is 2.42 bits per heavy atom. The van der Waals surface area contributed by atoms with E-state index < -0.39 is 0 Å². The van der Waals surface area contributed by atoms with Gasteiger partial charge in [0.05, 0.1) is 12.3 Å². The second kappa shape index (κ2) is 9.13. The van der Waals surface area contributed by atoms with Crippen LogP contribution in [0.1, 0.15) is 6.42 Å². The number of anilines is 1. The highest BCUT2D eigenvalue weighted by Gasteiger charge is 2.20. The van der Waals surface area contributed by atoms with Gasteiger partial charge in [0.15, 0.2) is 0 Å². The number of hydrogen-bond acceptors (Lipinski definition) is 8. The minimum Gasteiger partial charge on any atom is -0.494 e. The molecule has 0 saturated carbocycles. The Hall–Kier alpha value is -3.47. The van der Waals surface area contributed by atoms with Gasteiger partial charge in [0, 0.05) is 52.9 Å². The molecule has 1 aliphatic heterocycles. The van der Waals surface area contributed by atoms with Crippen LogP contribution in [0.25, 0.3) is 5.69 Å². The zero-order valence-corrected chi connectivity index (χ0v) is 17.7. The van der Waals surface area contributed by atoms with Gasteiger partial charge in [-0.2, -0.15) is 0 Å². The van der Waals surface area contributed by atoms with E-state index in [-0.39, 0.29) is 11.2 Å². The first-order chi connectivity index (χ1) is 15.0. The molecular formula is C20H26N8O3. The van der Waals surface area contributed by atoms with Gasteiger partial charge in [-0.15, -0.1) is 5.10 Å². The van der Waals surface area contributed by atoms with Crippen molar-refractivity contribution in [3.8, 4) is 11.4 Å². The van der Waals surface area contributed by atoms with Crippen LogP contribution in [0, 0.1) is 0 Å². The molecule has 11 nitrogen and oxygen atoms in total. The summed E-state index contributed by atoms with van der Waals surface area (Å²) in [5, 5.41) is 11.1. The average Bonchev–Trinajstić information content (AvgIpc) is 3.34. The fraction of sp³-hybridized carbons (Fsp3) is 0.450. The van der Waals surface area contributed by atoms with Crippen molar-refractivity contribution < 1.29 is 4.74 Å². The monoisotopic (exact) mass is 426 g/mol. The number of nitrogens with zero attached hydrogens (tertiary/aromatic N) is 8. The van der Waals surface area contributed by atoms with Crippen molar-refractivity contribution in [2.45, 2.75) is 6.42 Å². The molecule has 31 heavy (non-hydrogen) atoms. The molecule has 0 aliphatic carbocycles. The Morgan fingerprint density at radius 1 is 1.00 bits per heavy atom. The number of tetrazole rings is 1. The molecule has 2 aromatic heterocycles. The maximum absolute atomic E-state index is 12.2. The molecule has 4 rings (SSSR count). The normalized spacial score (nSPS) is 14.7. The predicted octanol–water partition coefficient (Wildman–Crippen LogP) is -0.349. The third-order valence-electron chi connectivity index (χ3n) is 5.53. The molecule has 3 heterocycles. The first-order valence-electron chi connectivity index (χ1n) is 10.2. The molecule has 11 heteroatoms. The lowest BCUT2D eigenvalue weighted by Gasteiger charge is -2.36. The van der Waals surface area contributed by atoms with Crippen LogP contribution >= 0.6 is 0 Å². The lowest BCUT2D eigenvalue weighted by Crippen LogP contribution is -2.49. The third-order valence-corrected chi connectivity index (χ3v) is 5.53. The highest BCUT2D eigenvalue weighted by molar-refractivity contribution is 5.39. The van der Waals surface area contributed by atoms with Crippen molar-refractivity contribution in [1.82, 2.24) is 34.2 Å². The standard InChI is InChI=1S/C20H26N8O3/c1-24-18(14-19(29)25(2)20(24)30)27-11-9-26(10-12-27)8-3-13-31-17-6-4-16(5-7-17)28-15-21-22-23-28/h4-7,14-15H,3,8-13H2,1-2H3. The summed E-state index contributed by atoms with van der Waals surface area (Å²) < 4.78 is 10.1. The van der Waals surface area contributed by atoms with E-state index in [9.17, 15) is 9.59 Å². The summed E-state index contributed by atoms with van der Waals surface area (Å²) in [6, 6.07) is 9.17. The van der Waals surface area contributed by atoms with E-state index in [1.54, 1.807) is 18.1 Å². The molecule has 1 fully saturated rings. The van der Waals surface area contributed by atoms with Crippen LogP contribution in [-0.4, -0.2) is 73.6 Å². The first-order valence-corrected chi connectivity index (χ1v) is 10.2. The first kappa shape index (κ1) is 20.8. The van der Waals surface area contributed by atoms with Gasteiger partial charge in [0.2, 0.25) is 0 Å². The summed E-state index contributed by atoms with van der Waals surface area (Å²) in [6.07, 6.45) is 2.46. The Bertz CT molecular complexity index is 1110. The summed E-state index contributed by atoms with van der Waals surface area (Å²) in [7, 11) is 3.20. The topological polar surface area (TPSA) is 103 Å². The second-order valence-electron chi connectivity index (χ2n) is 7.52. The number of hydrogen-bond donors (Lipinski definition) is 0. The van der Waals surface area contributed by atoms with Crippen molar-refractivity contribution in [3.05, 3.63) is 57.5 Å². The number of benzene rings is 1. The summed E-state index contributed by atoms with van der Waals surface area (Å²) in [5.41, 5.74) is 0.306. The van der Waals surface area contributed by atoms with Gasteiger partial charge in [-0.3, -0.25) is 18.8 Å². The molecule has 1 aromatic carbocycles. The van der Waals surface area contributed by atoms with E-state index in [1.807, 2.05) is 24.3 Å². The molecule has 0 radical (unpaired) electrons. The van der Waals surface area contributed by atoms with Crippen molar-refractivity contribution in [2.75, 3.05) is 44.2 Å². The molecule has 1 aliphatic rings. The minimum absolute atomic E-state index is 0.274. The maximum atomic E-state index is 12.2. The van der Waals surface area contributed by atoms with Crippen LogP contribution in [-0.2, 0) is 14.1 Å². The van der Waals surface area contributed by atoms with Gasteiger partial charge < -0.3 is 9.64 Å². The van der Waals surface area contributed by atoms with Crippen LogP contribution in [0.5, 0.6) is 5.75 Å². The lowest BCUT2D eigenvalue weighted by molar-refractivity contribution is 0.224. The van der Waals surface area contributed by atoms with E-state index in [4.69, 9.17) is 4.74 Å². The number of aromatic nitrogens is 6. The summed E-state index contributed by atoms with van der Waals surface area (Å²) in [6.45, 7) is 4.88. The van der Waals surface area contributed by atoms with E-state index in [1.165, 1.54) is 17.7 Å². The van der Waals surface area contributed by atoms with Crippen LogP contribution in [0.15, 0.2) is 46.2 Å². The van der Waals surface area contributed by atoms with Crippen LogP contribution in [0.4, 0.5) is 5.82 Å². The maximum Gasteiger partial charge on any atom is 0.332 e. The van der Waals surface area contributed by atoms with Gasteiger partial charge in [0.25, 0.3) is 5.56 Å².